The van der Waals surface area contributed by atoms with Gasteiger partial charge in [0.1, 0.15) is 13.2 Å². The highest BCUT2D eigenvalue weighted by molar-refractivity contribution is 5.71. The molecule has 6 heteroatoms. The van der Waals surface area contributed by atoms with Crippen molar-refractivity contribution in [2.24, 2.45) is 0 Å². The zero-order valence-corrected chi connectivity index (χ0v) is 47.0. The molecule has 0 saturated carbocycles. The summed E-state index contributed by atoms with van der Waals surface area (Å²) in [5, 5.41) is 0. The van der Waals surface area contributed by atoms with Crippen molar-refractivity contribution in [3.05, 3.63) is 72.9 Å². The van der Waals surface area contributed by atoms with Gasteiger partial charge >= 0.3 is 17.9 Å². The minimum atomic E-state index is -0.789. The lowest BCUT2D eigenvalue weighted by atomic mass is 10.0. The third-order valence-electron chi connectivity index (χ3n) is 13.2. The largest absolute Gasteiger partial charge is 0.462 e. The summed E-state index contributed by atoms with van der Waals surface area (Å²) in [7, 11) is 0. The second-order valence-electron chi connectivity index (χ2n) is 20.2. The van der Waals surface area contributed by atoms with Crippen molar-refractivity contribution in [3.8, 4) is 0 Å². The number of unbranched alkanes of at least 4 members (excludes halogenated alkanes) is 32. The zero-order valence-electron chi connectivity index (χ0n) is 47.0. The summed E-state index contributed by atoms with van der Waals surface area (Å²) < 4.78 is 16.9. The monoisotopic (exact) mass is 991 g/mol. The van der Waals surface area contributed by atoms with Crippen LogP contribution in [0.4, 0.5) is 0 Å². The Balaban J connectivity index is 4.42. The van der Waals surface area contributed by atoms with E-state index in [-0.39, 0.29) is 31.1 Å². The molecule has 0 aromatic heterocycles. The Bertz CT molecular complexity index is 1320. The molecule has 0 fully saturated rings. The van der Waals surface area contributed by atoms with Crippen molar-refractivity contribution >= 4 is 17.9 Å². The van der Waals surface area contributed by atoms with E-state index in [4.69, 9.17) is 14.2 Å². The Morgan fingerprint density at radius 3 is 0.887 bits per heavy atom. The molecule has 1 unspecified atom stereocenters. The quantitative estimate of drug-likeness (QED) is 0.0261. The summed E-state index contributed by atoms with van der Waals surface area (Å²) in [6.07, 6.45) is 76.1. The fourth-order valence-electron chi connectivity index (χ4n) is 8.64. The predicted octanol–water partition coefficient (Wildman–Crippen LogP) is 20.5. The van der Waals surface area contributed by atoms with Crippen molar-refractivity contribution in [1.29, 1.82) is 0 Å². The fourth-order valence-corrected chi connectivity index (χ4v) is 8.64. The summed E-state index contributed by atoms with van der Waals surface area (Å²) in [5.41, 5.74) is 0. The van der Waals surface area contributed by atoms with Crippen molar-refractivity contribution in [2.75, 3.05) is 13.2 Å². The first-order valence-electron chi connectivity index (χ1n) is 30.4. The van der Waals surface area contributed by atoms with Gasteiger partial charge in [-0.2, -0.15) is 0 Å². The third-order valence-corrected chi connectivity index (χ3v) is 13.2. The van der Waals surface area contributed by atoms with E-state index < -0.39 is 6.10 Å². The van der Waals surface area contributed by atoms with Crippen molar-refractivity contribution < 1.29 is 28.6 Å². The second kappa shape index (κ2) is 59.4. The maximum absolute atomic E-state index is 12.9. The smallest absolute Gasteiger partial charge is 0.306 e. The molecule has 0 aliphatic heterocycles. The van der Waals surface area contributed by atoms with Crippen molar-refractivity contribution in [1.82, 2.24) is 0 Å². The first-order valence-corrected chi connectivity index (χ1v) is 30.4. The van der Waals surface area contributed by atoms with E-state index in [0.717, 1.165) is 96.3 Å². The maximum atomic E-state index is 12.9. The third kappa shape index (κ3) is 57.6. The highest BCUT2D eigenvalue weighted by Crippen LogP contribution is 2.16. The van der Waals surface area contributed by atoms with Crippen LogP contribution in [0, 0.1) is 0 Å². The summed E-state index contributed by atoms with van der Waals surface area (Å²) >= 11 is 0. The molecule has 71 heavy (non-hydrogen) atoms. The molecule has 0 rings (SSSR count). The Labute approximate surface area is 440 Å². The highest BCUT2D eigenvalue weighted by atomic mass is 16.6. The normalized spacial score (nSPS) is 12.5. The molecule has 0 radical (unpaired) electrons. The number of allylic oxidation sites excluding steroid dienone is 12. The van der Waals surface area contributed by atoms with Gasteiger partial charge in [-0.25, -0.2) is 0 Å². The van der Waals surface area contributed by atoms with E-state index in [2.05, 4.69) is 93.7 Å². The molecular formula is C65H114O6. The van der Waals surface area contributed by atoms with Crippen LogP contribution in [0.5, 0.6) is 0 Å². The van der Waals surface area contributed by atoms with E-state index in [0.29, 0.717) is 19.3 Å². The van der Waals surface area contributed by atoms with Gasteiger partial charge in [0, 0.05) is 19.3 Å². The fraction of sp³-hybridized carbons (Fsp3) is 0.769. The van der Waals surface area contributed by atoms with Crippen LogP contribution >= 0.6 is 0 Å². The van der Waals surface area contributed by atoms with E-state index in [9.17, 15) is 14.4 Å². The molecule has 0 bridgehead atoms. The van der Waals surface area contributed by atoms with Crippen LogP contribution in [0.15, 0.2) is 72.9 Å². The standard InChI is InChI=1S/C65H114O6/c1-4-7-10-13-16-19-22-25-28-30-32-34-37-40-43-46-49-52-55-58-64(67)70-61-62(60-69-63(66)57-54-51-48-45-42-39-36-27-24-21-18-15-12-9-6-3)71-65(68)59-56-53-50-47-44-41-38-35-33-31-29-26-23-20-17-14-11-8-5-2/h7,10,16,19,25-26,28-29,32,34,40,43,62H,4-6,8-9,11-15,17-18,20-24,27,30-31,33,35-39,41-42,44-61H2,1-3H3/b10-7-,19-16-,28-25-,29-26-,34-32-,43-40-. The Hall–Kier alpha value is -3.15. The maximum Gasteiger partial charge on any atom is 0.306 e. The van der Waals surface area contributed by atoms with Crippen molar-refractivity contribution in [2.45, 2.75) is 309 Å². The van der Waals surface area contributed by atoms with Crippen LogP contribution in [0.3, 0.4) is 0 Å². The number of esters is 3. The number of hydrogen-bond acceptors (Lipinski definition) is 6. The summed E-state index contributed by atoms with van der Waals surface area (Å²) in [4.78, 5) is 38.2. The van der Waals surface area contributed by atoms with E-state index in [1.807, 2.05) is 0 Å². The number of hydrogen-bond donors (Lipinski definition) is 0. The van der Waals surface area contributed by atoms with E-state index in [1.54, 1.807) is 0 Å². The van der Waals surface area contributed by atoms with E-state index >= 15 is 0 Å². The molecule has 0 aliphatic carbocycles. The van der Waals surface area contributed by atoms with E-state index in [1.165, 1.54) is 167 Å². The summed E-state index contributed by atoms with van der Waals surface area (Å²) in [6, 6.07) is 0. The van der Waals surface area contributed by atoms with Gasteiger partial charge in [0.05, 0.1) is 0 Å². The number of rotatable bonds is 55. The first-order chi connectivity index (χ1) is 35.0. The molecule has 410 valence electrons. The van der Waals surface area contributed by atoms with Crippen LogP contribution in [0.25, 0.3) is 0 Å². The molecule has 0 amide bonds. The zero-order chi connectivity index (χ0) is 51.4. The Morgan fingerprint density at radius 1 is 0.296 bits per heavy atom. The van der Waals surface area contributed by atoms with Crippen LogP contribution in [0.2, 0.25) is 0 Å². The SMILES string of the molecule is CC/C=C\C/C=C\C/C=C\C/C=C\C/C=C\CCCCCC(=O)OCC(COC(=O)CCCCCCCCCCCCCCCCC)OC(=O)CCCCCCCCCCC/C=C\CCCCCCCC. The summed E-state index contributed by atoms with van der Waals surface area (Å²) in [6.45, 7) is 6.53. The van der Waals surface area contributed by atoms with Gasteiger partial charge in [0.25, 0.3) is 0 Å². The molecule has 0 saturated heterocycles. The van der Waals surface area contributed by atoms with Crippen LogP contribution in [-0.4, -0.2) is 37.2 Å². The molecule has 6 nitrogen and oxygen atoms in total. The molecule has 0 aromatic rings. The first kappa shape index (κ1) is 67.8. The van der Waals surface area contributed by atoms with Gasteiger partial charge in [-0.1, -0.05) is 267 Å². The number of ether oxygens (including phenoxy) is 3. The molecule has 1 atom stereocenters. The van der Waals surface area contributed by atoms with Crippen molar-refractivity contribution in [3.63, 3.8) is 0 Å². The molecule has 0 spiro atoms. The minimum Gasteiger partial charge on any atom is -0.462 e. The Kier molecular flexibility index (Phi) is 56.8. The van der Waals surface area contributed by atoms with Crippen LogP contribution in [0.1, 0.15) is 303 Å². The number of carbonyl (C=O) groups excluding carboxylic acids is 3. The lowest BCUT2D eigenvalue weighted by molar-refractivity contribution is -0.167. The highest BCUT2D eigenvalue weighted by Gasteiger charge is 2.19. The minimum absolute atomic E-state index is 0.0840. The molecule has 0 N–H and O–H groups in total. The van der Waals surface area contributed by atoms with Crippen LogP contribution < -0.4 is 0 Å². The molecular weight excluding hydrogens is 877 g/mol. The average molecular weight is 992 g/mol. The van der Waals surface area contributed by atoms with Gasteiger partial charge in [-0.3, -0.25) is 14.4 Å². The van der Waals surface area contributed by atoms with Gasteiger partial charge in [-0.05, 0) is 89.9 Å². The average Bonchev–Trinajstić information content (AvgIpc) is 3.37. The summed E-state index contributed by atoms with van der Waals surface area (Å²) in [5.74, 6) is -0.906. The second-order valence-corrected chi connectivity index (χ2v) is 20.2. The Morgan fingerprint density at radius 2 is 0.549 bits per heavy atom. The molecule has 0 heterocycles. The number of carbonyl (C=O) groups is 3. The lowest BCUT2D eigenvalue weighted by Gasteiger charge is -2.18. The van der Waals surface area contributed by atoms with Gasteiger partial charge in [0.15, 0.2) is 6.10 Å². The topological polar surface area (TPSA) is 78.9 Å². The van der Waals surface area contributed by atoms with Crippen LogP contribution in [-0.2, 0) is 28.6 Å². The van der Waals surface area contributed by atoms with Gasteiger partial charge < -0.3 is 14.2 Å². The van der Waals surface area contributed by atoms with Gasteiger partial charge in [-0.15, -0.1) is 0 Å². The molecule has 0 aliphatic rings. The van der Waals surface area contributed by atoms with Gasteiger partial charge in [0.2, 0.25) is 0 Å². The molecule has 0 aromatic carbocycles. The lowest BCUT2D eigenvalue weighted by Crippen LogP contribution is -2.30. The predicted molar refractivity (Wildman–Crippen MR) is 307 cm³/mol.